The van der Waals surface area contributed by atoms with E-state index in [1.54, 1.807) is 7.11 Å². The fraction of sp³-hybridized carbons (Fsp3) is 0.600. The molecule has 0 radical (unpaired) electrons. The van der Waals surface area contributed by atoms with Crippen LogP contribution in [0.2, 0.25) is 0 Å². The summed E-state index contributed by atoms with van der Waals surface area (Å²) in [5, 5.41) is 3.48. The van der Waals surface area contributed by atoms with Gasteiger partial charge in [0.15, 0.2) is 0 Å². The van der Waals surface area contributed by atoms with E-state index in [-0.39, 0.29) is 0 Å². The molecule has 0 bridgehead atoms. The zero-order valence-corrected chi connectivity index (χ0v) is 12.1. The van der Waals surface area contributed by atoms with Crippen molar-refractivity contribution in [3.8, 4) is 5.75 Å². The van der Waals surface area contributed by atoms with Crippen molar-refractivity contribution in [1.29, 1.82) is 0 Å². The van der Waals surface area contributed by atoms with E-state index >= 15 is 0 Å². The van der Waals surface area contributed by atoms with Crippen LogP contribution in [-0.4, -0.2) is 46.5 Å². The van der Waals surface area contributed by atoms with Crippen LogP contribution in [0.3, 0.4) is 0 Å². The predicted molar refractivity (Wildman–Crippen MR) is 78.3 cm³/mol. The van der Waals surface area contributed by atoms with Crippen LogP contribution >= 0.6 is 0 Å². The number of hydrogen-bond donors (Lipinski definition) is 1. The minimum absolute atomic E-state index is 0.408. The molecule has 1 aromatic carbocycles. The number of anilines is 1. The van der Waals surface area contributed by atoms with E-state index in [0.29, 0.717) is 6.04 Å². The topological polar surface area (TPSA) is 33.7 Å². The van der Waals surface area contributed by atoms with Gasteiger partial charge in [-0.1, -0.05) is 6.92 Å². The van der Waals surface area contributed by atoms with Gasteiger partial charge in [0, 0.05) is 31.9 Å². The summed E-state index contributed by atoms with van der Waals surface area (Å²) in [6.45, 7) is 5.67. The molecule has 4 heteroatoms. The molecule has 1 saturated heterocycles. The van der Waals surface area contributed by atoms with Crippen molar-refractivity contribution in [2.45, 2.75) is 19.4 Å². The number of methoxy groups -OCH3 is 1. The molecule has 1 N–H and O–H groups in total. The van der Waals surface area contributed by atoms with Gasteiger partial charge in [-0.3, -0.25) is 0 Å². The van der Waals surface area contributed by atoms with Gasteiger partial charge in [-0.25, -0.2) is 0 Å². The molecular formula is C15H24N2O2. The van der Waals surface area contributed by atoms with Crippen molar-refractivity contribution in [1.82, 2.24) is 5.32 Å². The van der Waals surface area contributed by atoms with Gasteiger partial charge in [0.05, 0.1) is 20.3 Å². The maximum absolute atomic E-state index is 5.49. The molecule has 1 fully saturated rings. The molecule has 2 rings (SSSR count). The van der Waals surface area contributed by atoms with E-state index in [0.717, 1.165) is 38.5 Å². The van der Waals surface area contributed by atoms with Crippen molar-refractivity contribution in [2.24, 2.45) is 0 Å². The zero-order valence-electron chi connectivity index (χ0n) is 12.1. The van der Waals surface area contributed by atoms with Gasteiger partial charge in [-0.05, 0) is 30.2 Å². The van der Waals surface area contributed by atoms with E-state index in [9.17, 15) is 0 Å². The standard InChI is InChI=1S/C15H24N2O2/c1-4-12-9-14(5-6-15(12)18-3)17(2)10-13-11-19-8-7-16-13/h5-6,9,13,16H,4,7-8,10-11H2,1-3H3. The first-order valence-electron chi connectivity index (χ1n) is 6.93. The first kappa shape index (κ1) is 14.2. The van der Waals surface area contributed by atoms with Crippen LogP contribution in [0.25, 0.3) is 0 Å². The Balaban J connectivity index is 2.03. The molecule has 1 aliphatic rings. The van der Waals surface area contributed by atoms with Gasteiger partial charge >= 0.3 is 0 Å². The Morgan fingerprint density at radius 2 is 2.32 bits per heavy atom. The van der Waals surface area contributed by atoms with Crippen molar-refractivity contribution in [3.05, 3.63) is 23.8 Å². The minimum atomic E-state index is 0.408. The fourth-order valence-corrected chi connectivity index (χ4v) is 2.45. The second-order valence-corrected chi connectivity index (χ2v) is 4.96. The number of rotatable bonds is 5. The number of benzene rings is 1. The molecule has 0 aromatic heterocycles. The lowest BCUT2D eigenvalue weighted by molar-refractivity contribution is 0.0791. The van der Waals surface area contributed by atoms with E-state index in [1.807, 2.05) is 0 Å². The normalized spacial score (nSPS) is 19.2. The number of ether oxygens (including phenoxy) is 2. The quantitative estimate of drug-likeness (QED) is 0.877. The minimum Gasteiger partial charge on any atom is -0.496 e. The van der Waals surface area contributed by atoms with Gasteiger partial charge in [0.25, 0.3) is 0 Å². The van der Waals surface area contributed by atoms with Crippen molar-refractivity contribution in [2.75, 3.05) is 45.4 Å². The number of nitrogens with zero attached hydrogens (tertiary/aromatic N) is 1. The van der Waals surface area contributed by atoms with Crippen LogP contribution in [0.5, 0.6) is 5.75 Å². The molecule has 4 nitrogen and oxygen atoms in total. The van der Waals surface area contributed by atoms with Crippen molar-refractivity contribution < 1.29 is 9.47 Å². The maximum atomic E-state index is 5.49. The second kappa shape index (κ2) is 6.78. The molecule has 1 atom stereocenters. The Kier molecular flexibility index (Phi) is 5.05. The third-order valence-electron chi connectivity index (χ3n) is 3.58. The Bertz CT molecular complexity index is 403. The molecule has 1 aliphatic heterocycles. The highest BCUT2D eigenvalue weighted by Gasteiger charge is 2.15. The molecule has 0 amide bonds. The Morgan fingerprint density at radius 1 is 1.47 bits per heavy atom. The van der Waals surface area contributed by atoms with Crippen molar-refractivity contribution >= 4 is 5.69 Å². The summed E-state index contributed by atoms with van der Waals surface area (Å²) < 4.78 is 10.9. The van der Waals surface area contributed by atoms with Crippen LogP contribution in [0, 0.1) is 0 Å². The molecule has 1 unspecified atom stereocenters. The Hall–Kier alpha value is -1.26. The van der Waals surface area contributed by atoms with E-state index < -0.39 is 0 Å². The average Bonchev–Trinajstić information content (AvgIpc) is 2.47. The first-order valence-corrected chi connectivity index (χ1v) is 6.93. The third kappa shape index (κ3) is 3.61. The molecular weight excluding hydrogens is 240 g/mol. The van der Waals surface area contributed by atoms with Crippen LogP contribution < -0.4 is 15.0 Å². The Morgan fingerprint density at radius 3 is 2.95 bits per heavy atom. The summed E-state index contributed by atoms with van der Waals surface area (Å²) in [5.74, 6) is 0.971. The SMILES string of the molecule is CCc1cc(N(C)CC2COCCN2)ccc1OC. The molecule has 0 saturated carbocycles. The lowest BCUT2D eigenvalue weighted by atomic mass is 10.1. The number of aryl methyl sites for hydroxylation is 1. The van der Waals surface area contributed by atoms with Gasteiger partial charge in [0.1, 0.15) is 5.75 Å². The number of hydrogen-bond acceptors (Lipinski definition) is 4. The molecule has 1 aromatic rings. The Labute approximate surface area is 115 Å². The van der Waals surface area contributed by atoms with E-state index in [2.05, 4.69) is 42.4 Å². The summed E-state index contributed by atoms with van der Waals surface area (Å²) >= 11 is 0. The highest BCUT2D eigenvalue weighted by molar-refractivity contribution is 5.53. The lowest BCUT2D eigenvalue weighted by Gasteiger charge is -2.29. The smallest absolute Gasteiger partial charge is 0.122 e. The first-order chi connectivity index (χ1) is 9.24. The molecule has 0 spiro atoms. The highest BCUT2D eigenvalue weighted by Crippen LogP contribution is 2.25. The van der Waals surface area contributed by atoms with Gasteiger partial charge < -0.3 is 19.7 Å². The van der Waals surface area contributed by atoms with E-state index in [1.165, 1.54) is 11.3 Å². The van der Waals surface area contributed by atoms with Gasteiger partial charge in [-0.15, -0.1) is 0 Å². The predicted octanol–water partition coefficient (Wildman–Crippen LogP) is 1.68. The maximum Gasteiger partial charge on any atom is 0.122 e. The second-order valence-electron chi connectivity index (χ2n) is 4.96. The molecule has 0 aliphatic carbocycles. The van der Waals surface area contributed by atoms with Gasteiger partial charge in [0.2, 0.25) is 0 Å². The van der Waals surface area contributed by atoms with Crippen LogP contribution in [0.4, 0.5) is 5.69 Å². The average molecular weight is 264 g/mol. The molecule has 106 valence electrons. The molecule has 1 heterocycles. The molecule has 19 heavy (non-hydrogen) atoms. The van der Waals surface area contributed by atoms with Crippen LogP contribution in [-0.2, 0) is 11.2 Å². The highest BCUT2D eigenvalue weighted by atomic mass is 16.5. The summed E-state index contributed by atoms with van der Waals surface area (Å²) in [6, 6.07) is 6.78. The fourth-order valence-electron chi connectivity index (χ4n) is 2.45. The number of morpholine rings is 1. The number of nitrogens with one attached hydrogen (secondary N) is 1. The van der Waals surface area contributed by atoms with Crippen LogP contribution in [0.1, 0.15) is 12.5 Å². The van der Waals surface area contributed by atoms with Crippen LogP contribution in [0.15, 0.2) is 18.2 Å². The van der Waals surface area contributed by atoms with E-state index in [4.69, 9.17) is 9.47 Å². The summed E-state index contributed by atoms with van der Waals surface area (Å²) in [7, 11) is 3.85. The summed E-state index contributed by atoms with van der Waals surface area (Å²) in [5.41, 5.74) is 2.48. The zero-order chi connectivity index (χ0) is 13.7. The largest absolute Gasteiger partial charge is 0.496 e. The van der Waals surface area contributed by atoms with Crippen molar-refractivity contribution in [3.63, 3.8) is 0 Å². The summed E-state index contributed by atoms with van der Waals surface area (Å²) in [4.78, 5) is 2.27. The lowest BCUT2D eigenvalue weighted by Crippen LogP contribution is -2.47. The van der Waals surface area contributed by atoms with Gasteiger partial charge in [-0.2, -0.15) is 0 Å². The monoisotopic (exact) mass is 264 g/mol. The third-order valence-corrected chi connectivity index (χ3v) is 3.58. The number of likely N-dealkylation sites (N-methyl/N-ethyl adjacent to an activating group) is 1. The summed E-state index contributed by atoms with van der Waals surface area (Å²) in [6.07, 6.45) is 0.982.